The summed E-state index contributed by atoms with van der Waals surface area (Å²) in [6.45, 7) is 3.83. The molecule has 20 heavy (non-hydrogen) atoms. The highest BCUT2D eigenvalue weighted by molar-refractivity contribution is 6.01. The molecule has 5 heteroatoms. The molecular weight excluding hydrogens is 256 g/mol. The number of rotatable bonds is 3. The number of anilines is 1. The van der Waals surface area contributed by atoms with Gasteiger partial charge in [0.2, 0.25) is 0 Å². The minimum absolute atomic E-state index is 0.141. The number of aryl methyl sites for hydroxylation is 1. The zero-order valence-electron chi connectivity index (χ0n) is 11.8. The molecule has 1 aromatic carbocycles. The van der Waals surface area contributed by atoms with Crippen molar-refractivity contribution in [3.8, 4) is 0 Å². The number of aromatic carboxylic acids is 1. The Kier molecular flexibility index (Phi) is 4.27. The van der Waals surface area contributed by atoms with E-state index in [0.717, 1.165) is 19.3 Å². The largest absolute Gasteiger partial charge is 0.478 e. The number of carboxylic acid groups (broad SMARTS) is 1. The van der Waals surface area contributed by atoms with E-state index in [1.54, 1.807) is 25.1 Å². The van der Waals surface area contributed by atoms with Crippen molar-refractivity contribution in [3.05, 3.63) is 29.3 Å². The van der Waals surface area contributed by atoms with E-state index in [2.05, 4.69) is 17.6 Å². The van der Waals surface area contributed by atoms with Crippen LogP contribution in [-0.2, 0) is 0 Å². The molecule has 108 valence electrons. The Bertz CT molecular complexity index is 528. The van der Waals surface area contributed by atoms with E-state index in [9.17, 15) is 14.7 Å². The Morgan fingerprint density at radius 2 is 2.05 bits per heavy atom. The molecule has 0 spiro atoms. The van der Waals surface area contributed by atoms with Gasteiger partial charge in [-0.15, -0.1) is 0 Å². The summed E-state index contributed by atoms with van der Waals surface area (Å²) in [7, 11) is 0. The summed E-state index contributed by atoms with van der Waals surface area (Å²) in [5.41, 5.74) is 1.10. The molecule has 0 aliphatic heterocycles. The maximum absolute atomic E-state index is 12.0. The third-order valence-corrected chi connectivity index (χ3v) is 3.91. The SMILES string of the molecule is Cc1cccc(NC(=O)NC2CCCC2C)c1C(=O)O. The predicted molar refractivity (Wildman–Crippen MR) is 77.1 cm³/mol. The second-order valence-electron chi connectivity index (χ2n) is 5.42. The molecule has 2 amide bonds. The molecule has 3 N–H and O–H groups in total. The van der Waals surface area contributed by atoms with Crippen LogP contribution in [0.15, 0.2) is 18.2 Å². The predicted octanol–water partition coefficient (Wildman–Crippen LogP) is 3.00. The normalized spacial score (nSPS) is 21.5. The first-order valence-corrected chi connectivity index (χ1v) is 6.89. The van der Waals surface area contributed by atoms with E-state index < -0.39 is 5.97 Å². The first-order chi connectivity index (χ1) is 9.49. The first-order valence-electron chi connectivity index (χ1n) is 6.89. The number of carbonyl (C=O) groups excluding carboxylic acids is 1. The lowest BCUT2D eigenvalue weighted by molar-refractivity contribution is 0.0697. The molecular formula is C15H20N2O3. The maximum atomic E-state index is 12.0. The second-order valence-corrected chi connectivity index (χ2v) is 5.42. The molecule has 1 aliphatic carbocycles. The Balaban J connectivity index is 2.08. The summed E-state index contributed by atoms with van der Waals surface area (Å²) in [4.78, 5) is 23.2. The Hall–Kier alpha value is -2.04. The molecule has 0 saturated heterocycles. The number of benzene rings is 1. The van der Waals surface area contributed by atoms with E-state index in [-0.39, 0.29) is 17.6 Å². The number of carbonyl (C=O) groups is 2. The molecule has 2 rings (SSSR count). The summed E-state index contributed by atoms with van der Waals surface area (Å²) in [5, 5.41) is 14.8. The Morgan fingerprint density at radius 3 is 2.65 bits per heavy atom. The van der Waals surface area contributed by atoms with Crippen LogP contribution in [0.3, 0.4) is 0 Å². The summed E-state index contributed by atoms with van der Waals surface area (Å²) in [6, 6.07) is 4.89. The lowest BCUT2D eigenvalue weighted by Gasteiger charge is -2.18. The zero-order chi connectivity index (χ0) is 14.7. The Labute approximate surface area is 118 Å². The fourth-order valence-corrected chi connectivity index (χ4v) is 2.74. The van der Waals surface area contributed by atoms with Gasteiger partial charge in [-0.3, -0.25) is 0 Å². The van der Waals surface area contributed by atoms with Gasteiger partial charge in [-0.1, -0.05) is 25.5 Å². The van der Waals surface area contributed by atoms with Crippen molar-refractivity contribution in [3.63, 3.8) is 0 Å². The van der Waals surface area contributed by atoms with Crippen LogP contribution in [-0.4, -0.2) is 23.1 Å². The van der Waals surface area contributed by atoms with E-state index in [4.69, 9.17) is 0 Å². The monoisotopic (exact) mass is 276 g/mol. The number of hydrogen-bond donors (Lipinski definition) is 3. The van der Waals surface area contributed by atoms with Gasteiger partial charge in [0.05, 0.1) is 11.3 Å². The topological polar surface area (TPSA) is 78.4 Å². The van der Waals surface area contributed by atoms with Crippen molar-refractivity contribution in [1.82, 2.24) is 5.32 Å². The van der Waals surface area contributed by atoms with E-state index in [0.29, 0.717) is 17.2 Å². The van der Waals surface area contributed by atoms with Crippen LogP contribution >= 0.6 is 0 Å². The van der Waals surface area contributed by atoms with Gasteiger partial charge in [0.1, 0.15) is 0 Å². The average molecular weight is 276 g/mol. The lowest BCUT2D eigenvalue weighted by Crippen LogP contribution is -2.39. The van der Waals surface area contributed by atoms with Crippen LogP contribution in [0.25, 0.3) is 0 Å². The van der Waals surface area contributed by atoms with Crippen molar-refractivity contribution >= 4 is 17.7 Å². The fourth-order valence-electron chi connectivity index (χ4n) is 2.74. The van der Waals surface area contributed by atoms with Crippen LogP contribution in [0.2, 0.25) is 0 Å². The molecule has 1 aromatic rings. The van der Waals surface area contributed by atoms with Gasteiger partial charge in [-0.05, 0) is 37.3 Å². The van der Waals surface area contributed by atoms with Gasteiger partial charge in [0.25, 0.3) is 0 Å². The summed E-state index contributed by atoms with van der Waals surface area (Å²) < 4.78 is 0. The highest BCUT2D eigenvalue weighted by atomic mass is 16.4. The standard InChI is InChI=1S/C15H20N2O3/c1-9-5-3-7-11(9)16-15(20)17-12-8-4-6-10(2)13(12)14(18)19/h4,6,8-9,11H,3,5,7H2,1-2H3,(H,18,19)(H2,16,17,20). The second kappa shape index (κ2) is 5.94. The molecule has 0 bridgehead atoms. The molecule has 0 aromatic heterocycles. The van der Waals surface area contributed by atoms with E-state index in [1.165, 1.54) is 0 Å². The van der Waals surface area contributed by atoms with Crippen molar-refractivity contribution in [2.75, 3.05) is 5.32 Å². The van der Waals surface area contributed by atoms with Crippen LogP contribution in [0, 0.1) is 12.8 Å². The van der Waals surface area contributed by atoms with E-state index in [1.807, 2.05) is 0 Å². The highest BCUT2D eigenvalue weighted by Crippen LogP contribution is 2.25. The van der Waals surface area contributed by atoms with Crippen LogP contribution in [0.1, 0.15) is 42.1 Å². The number of amides is 2. The minimum atomic E-state index is -1.03. The number of hydrogen-bond acceptors (Lipinski definition) is 2. The molecule has 1 fully saturated rings. The zero-order valence-corrected chi connectivity index (χ0v) is 11.8. The van der Waals surface area contributed by atoms with E-state index >= 15 is 0 Å². The molecule has 1 aliphatic rings. The molecule has 2 unspecified atom stereocenters. The first kappa shape index (κ1) is 14.4. The Morgan fingerprint density at radius 1 is 1.30 bits per heavy atom. The van der Waals surface area contributed by atoms with Gasteiger partial charge in [0.15, 0.2) is 0 Å². The summed E-state index contributed by atoms with van der Waals surface area (Å²) in [6.07, 6.45) is 3.22. The van der Waals surface area contributed by atoms with Crippen LogP contribution in [0.4, 0.5) is 10.5 Å². The van der Waals surface area contributed by atoms with Gasteiger partial charge in [-0.25, -0.2) is 9.59 Å². The lowest BCUT2D eigenvalue weighted by atomic mass is 10.1. The number of carboxylic acids is 1. The number of nitrogens with one attached hydrogen (secondary N) is 2. The smallest absolute Gasteiger partial charge is 0.338 e. The molecule has 0 radical (unpaired) electrons. The van der Waals surface area contributed by atoms with Crippen molar-refractivity contribution in [2.45, 2.75) is 39.2 Å². The third-order valence-electron chi connectivity index (χ3n) is 3.91. The van der Waals surface area contributed by atoms with Crippen molar-refractivity contribution < 1.29 is 14.7 Å². The highest BCUT2D eigenvalue weighted by Gasteiger charge is 2.25. The average Bonchev–Trinajstić information content (AvgIpc) is 2.74. The third kappa shape index (κ3) is 3.10. The minimum Gasteiger partial charge on any atom is -0.478 e. The maximum Gasteiger partial charge on any atom is 0.338 e. The molecule has 1 saturated carbocycles. The van der Waals surface area contributed by atoms with Crippen LogP contribution in [0.5, 0.6) is 0 Å². The summed E-state index contributed by atoms with van der Waals surface area (Å²) >= 11 is 0. The quantitative estimate of drug-likeness (QED) is 0.794. The fraction of sp³-hybridized carbons (Fsp3) is 0.467. The van der Waals surface area contributed by atoms with Gasteiger partial charge in [0, 0.05) is 6.04 Å². The molecule has 2 atom stereocenters. The van der Waals surface area contributed by atoms with Crippen molar-refractivity contribution in [2.24, 2.45) is 5.92 Å². The van der Waals surface area contributed by atoms with Crippen molar-refractivity contribution in [1.29, 1.82) is 0 Å². The van der Waals surface area contributed by atoms with Crippen LogP contribution < -0.4 is 10.6 Å². The number of urea groups is 1. The van der Waals surface area contributed by atoms with Gasteiger partial charge >= 0.3 is 12.0 Å². The van der Waals surface area contributed by atoms with Gasteiger partial charge < -0.3 is 15.7 Å². The van der Waals surface area contributed by atoms with Gasteiger partial charge in [-0.2, -0.15) is 0 Å². The molecule has 0 heterocycles. The molecule has 5 nitrogen and oxygen atoms in total. The summed E-state index contributed by atoms with van der Waals surface area (Å²) in [5.74, 6) is -0.565.